The van der Waals surface area contributed by atoms with Gasteiger partial charge in [0.05, 0.1) is 34.1 Å². The fraction of sp³-hybridized carbons (Fsp3) is 0.129. The highest BCUT2D eigenvalue weighted by Gasteiger charge is 2.39. The molecule has 0 unspecified atom stereocenters. The first-order valence-electron chi connectivity index (χ1n) is 23.4. The molecule has 0 aliphatic carbocycles. The molecule has 66 heavy (non-hydrogen) atoms. The molecule has 4 heterocycles. The molecular weight excluding hydrogens is 801 g/mol. The molecule has 0 aromatic heterocycles. The Hall–Kier alpha value is -7.82. The van der Waals surface area contributed by atoms with Crippen molar-refractivity contribution in [3.8, 4) is 0 Å². The van der Waals surface area contributed by atoms with E-state index >= 15 is 0 Å². The lowest BCUT2D eigenvalue weighted by atomic mass is 9.81. The summed E-state index contributed by atoms with van der Waals surface area (Å²) >= 11 is 0. The minimum absolute atomic E-state index is 0.864. The average Bonchev–Trinajstić information content (AvgIpc) is 3.32. The largest absolute Gasteiger partial charge is 0.310 e. The van der Waals surface area contributed by atoms with Crippen LogP contribution in [0.2, 0.25) is 0 Å². The third kappa shape index (κ3) is 6.05. The van der Waals surface area contributed by atoms with Gasteiger partial charge in [-0.05, 0) is 168 Å². The van der Waals surface area contributed by atoms with Gasteiger partial charge in [-0.25, -0.2) is 0 Å². The molecule has 4 aliphatic rings. The number of aryl methyl sites for hydroxylation is 4. The molecule has 4 heteroatoms. The van der Waals surface area contributed by atoms with Crippen molar-refractivity contribution in [3.05, 3.63) is 249 Å². The van der Waals surface area contributed by atoms with Gasteiger partial charge in [-0.3, -0.25) is 0 Å². The lowest BCUT2D eigenvalue weighted by Crippen LogP contribution is -2.29. The Morgan fingerprint density at radius 1 is 0.303 bits per heavy atom. The van der Waals surface area contributed by atoms with Crippen molar-refractivity contribution in [3.63, 3.8) is 0 Å². The molecular formula is C62H50N4. The van der Waals surface area contributed by atoms with E-state index in [0.29, 0.717) is 0 Å². The third-order valence-corrected chi connectivity index (χ3v) is 14.3. The molecule has 0 bridgehead atoms. The summed E-state index contributed by atoms with van der Waals surface area (Å²) < 4.78 is 0. The number of benzene rings is 9. The predicted molar refractivity (Wildman–Crippen MR) is 275 cm³/mol. The zero-order valence-corrected chi connectivity index (χ0v) is 37.9. The van der Waals surface area contributed by atoms with E-state index in [4.69, 9.17) is 0 Å². The second kappa shape index (κ2) is 14.9. The molecule has 4 nitrogen and oxygen atoms in total. The van der Waals surface area contributed by atoms with Gasteiger partial charge >= 0.3 is 0 Å². The number of fused-ring (bicyclic) bond motifs is 8. The number of rotatable bonds is 6. The molecule has 0 spiro atoms. The highest BCUT2D eigenvalue weighted by Crippen LogP contribution is 2.59. The van der Waals surface area contributed by atoms with Gasteiger partial charge in [0, 0.05) is 70.9 Å². The Labute approximate surface area is 388 Å². The first-order chi connectivity index (χ1) is 32.3. The molecule has 0 saturated carbocycles. The minimum atomic E-state index is 0.864. The Balaban J connectivity index is 0.996. The van der Waals surface area contributed by atoms with Crippen molar-refractivity contribution in [2.75, 3.05) is 19.6 Å². The van der Waals surface area contributed by atoms with Gasteiger partial charge in [0.1, 0.15) is 0 Å². The fourth-order valence-corrected chi connectivity index (χ4v) is 11.8. The standard InChI is InChI=1S/C62H50N4/c1-39-27-40(2)30-51(29-39)63(49-17-7-5-8-18-49)57-25-23-45-33-47-38-60-48(37-59(47)65-55-21-13-11-15-43(55)35-53(57)61(45)65)34-46-24-26-58(54-36-44-16-12-14-22-56(44)66(60)62(46)54)64(50-19-9-6-10-20-50)52-31-41(3)28-42(4)32-52/h5-32,37-38H,33-36H2,1-4H3. The zero-order valence-electron chi connectivity index (χ0n) is 37.9. The van der Waals surface area contributed by atoms with Crippen LogP contribution in [0.4, 0.5) is 68.2 Å². The molecule has 0 amide bonds. The quantitative estimate of drug-likeness (QED) is 0.165. The van der Waals surface area contributed by atoms with Crippen LogP contribution >= 0.6 is 0 Å². The van der Waals surface area contributed by atoms with Gasteiger partial charge in [-0.2, -0.15) is 0 Å². The van der Waals surface area contributed by atoms with E-state index in [-0.39, 0.29) is 0 Å². The van der Waals surface area contributed by atoms with Crippen molar-refractivity contribution in [2.24, 2.45) is 0 Å². The summed E-state index contributed by atoms with van der Waals surface area (Å²) in [5.41, 5.74) is 30.9. The van der Waals surface area contributed by atoms with Crippen LogP contribution < -0.4 is 19.6 Å². The van der Waals surface area contributed by atoms with Crippen LogP contribution in [0.1, 0.15) is 66.8 Å². The molecule has 9 aromatic rings. The van der Waals surface area contributed by atoms with Gasteiger partial charge < -0.3 is 19.6 Å². The molecule has 4 aliphatic heterocycles. The molecule has 0 saturated heterocycles. The van der Waals surface area contributed by atoms with Crippen molar-refractivity contribution in [1.29, 1.82) is 0 Å². The molecule has 9 aromatic carbocycles. The highest BCUT2D eigenvalue weighted by atomic mass is 15.2. The first-order valence-corrected chi connectivity index (χ1v) is 23.4. The number of para-hydroxylation sites is 4. The van der Waals surface area contributed by atoms with Crippen LogP contribution in [-0.2, 0) is 25.7 Å². The SMILES string of the molecule is Cc1cc(C)cc(N(c2ccccc2)c2ccc3c4c2Cc2ccccc2N4c2cc4c(cc2C3)N2c3ccccc3Cc3c(N(c5ccccc5)c5cc(C)cc(C)c5)ccc(c32)C4)c1. The second-order valence-corrected chi connectivity index (χ2v) is 18.9. The van der Waals surface area contributed by atoms with Gasteiger partial charge in [0.15, 0.2) is 0 Å². The van der Waals surface area contributed by atoms with Crippen LogP contribution in [-0.4, -0.2) is 0 Å². The normalized spacial score (nSPS) is 13.5. The van der Waals surface area contributed by atoms with Gasteiger partial charge in [0.25, 0.3) is 0 Å². The molecule has 0 radical (unpaired) electrons. The topological polar surface area (TPSA) is 13.0 Å². The molecule has 0 fully saturated rings. The van der Waals surface area contributed by atoms with Crippen LogP contribution in [0.5, 0.6) is 0 Å². The molecule has 0 N–H and O–H groups in total. The minimum Gasteiger partial charge on any atom is -0.310 e. The maximum absolute atomic E-state index is 2.62. The number of anilines is 12. The number of hydrogen-bond donors (Lipinski definition) is 0. The predicted octanol–water partition coefficient (Wildman–Crippen LogP) is 16.4. The Kier molecular flexibility index (Phi) is 8.70. The summed E-state index contributed by atoms with van der Waals surface area (Å²) in [5, 5.41) is 0. The van der Waals surface area contributed by atoms with Crippen molar-refractivity contribution in [1.82, 2.24) is 0 Å². The van der Waals surface area contributed by atoms with E-state index in [1.807, 2.05) is 0 Å². The lowest BCUT2D eigenvalue weighted by Gasteiger charge is -2.44. The van der Waals surface area contributed by atoms with Crippen LogP contribution in [0.25, 0.3) is 0 Å². The van der Waals surface area contributed by atoms with Crippen LogP contribution in [0, 0.1) is 27.7 Å². The van der Waals surface area contributed by atoms with Crippen LogP contribution in [0.3, 0.4) is 0 Å². The molecule has 13 rings (SSSR count). The fourth-order valence-electron chi connectivity index (χ4n) is 11.8. The van der Waals surface area contributed by atoms with Crippen LogP contribution in [0.15, 0.2) is 182 Å². The summed E-state index contributed by atoms with van der Waals surface area (Å²) in [6, 6.07) is 68.6. The second-order valence-electron chi connectivity index (χ2n) is 18.9. The molecule has 0 atom stereocenters. The van der Waals surface area contributed by atoms with Gasteiger partial charge in [-0.15, -0.1) is 0 Å². The van der Waals surface area contributed by atoms with E-state index in [9.17, 15) is 0 Å². The zero-order chi connectivity index (χ0) is 44.2. The monoisotopic (exact) mass is 850 g/mol. The summed E-state index contributed by atoms with van der Waals surface area (Å²) in [6.07, 6.45) is 3.46. The lowest BCUT2D eigenvalue weighted by molar-refractivity contribution is 0.978. The summed E-state index contributed by atoms with van der Waals surface area (Å²) in [4.78, 5) is 10.2. The van der Waals surface area contributed by atoms with Gasteiger partial charge in [-0.1, -0.05) is 97.1 Å². The van der Waals surface area contributed by atoms with E-state index in [2.05, 4.69) is 229 Å². The summed E-state index contributed by atoms with van der Waals surface area (Å²) in [5.74, 6) is 0. The van der Waals surface area contributed by atoms with Crippen molar-refractivity contribution < 1.29 is 0 Å². The van der Waals surface area contributed by atoms with Crippen molar-refractivity contribution in [2.45, 2.75) is 53.4 Å². The van der Waals surface area contributed by atoms with E-state index in [1.54, 1.807) is 0 Å². The van der Waals surface area contributed by atoms with E-state index < -0.39 is 0 Å². The van der Waals surface area contributed by atoms with Crippen molar-refractivity contribution >= 4 is 68.2 Å². The molecule has 318 valence electrons. The van der Waals surface area contributed by atoms with Gasteiger partial charge in [0.2, 0.25) is 0 Å². The first kappa shape index (κ1) is 38.6. The Morgan fingerprint density at radius 2 is 0.682 bits per heavy atom. The van der Waals surface area contributed by atoms with E-state index in [0.717, 1.165) is 25.7 Å². The Bertz CT molecular complexity index is 3170. The third-order valence-electron chi connectivity index (χ3n) is 14.3. The van der Waals surface area contributed by atoms with E-state index in [1.165, 1.54) is 135 Å². The Morgan fingerprint density at radius 3 is 1.09 bits per heavy atom. The average molecular weight is 851 g/mol. The smallest absolute Gasteiger partial charge is 0.0553 e. The number of nitrogens with zero attached hydrogens (tertiary/aromatic N) is 4. The maximum atomic E-state index is 2.62. The summed E-state index contributed by atoms with van der Waals surface area (Å²) in [7, 11) is 0. The summed E-state index contributed by atoms with van der Waals surface area (Å²) in [6.45, 7) is 8.83. The number of hydrogen-bond acceptors (Lipinski definition) is 4. The maximum Gasteiger partial charge on any atom is 0.0553 e. The highest BCUT2D eigenvalue weighted by molar-refractivity contribution is 5.98.